The Kier molecular flexibility index (Phi) is 6.48. The topological polar surface area (TPSA) is 90.4 Å². The van der Waals surface area contributed by atoms with E-state index in [1.54, 1.807) is 29.1 Å². The van der Waals surface area contributed by atoms with Gasteiger partial charge in [-0.15, -0.1) is 11.3 Å². The highest BCUT2D eigenvalue weighted by atomic mass is 32.1. The second kappa shape index (κ2) is 9.62. The Morgan fingerprint density at radius 1 is 1.27 bits per heavy atom. The number of rotatable bonds is 7. The molecule has 0 spiro atoms. The summed E-state index contributed by atoms with van der Waals surface area (Å²) in [5.41, 5.74) is 4.62. The van der Waals surface area contributed by atoms with E-state index in [2.05, 4.69) is 32.7 Å². The van der Waals surface area contributed by atoms with E-state index < -0.39 is 5.91 Å². The molecule has 1 aliphatic rings. The summed E-state index contributed by atoms with van der Waals surface area (Å²) in [5, 5.41) is 15.2. The van der Waals surface area contributed by atoms with Gasteiger partial charge in [0.25, 0.3) is 5.91 Å². The zero-order chi connectivity index (χ0) is 20.8. The number of carbonyl (C=O) groups excluding carboxylic acids is 1. The number of nitrogens with zero attached hydrogens (tertiary/aromatic N) is 3. The van der Waals surface area contributed by atoms with Gasteiger partial charge in [-0.1, -0.05) is 30.3 Å². The van der Waals surface area contributed by atoms with E-state index >= 15 is 0 Å². The number of carbonyl (C=O) groups is 1. The predicted molar refractivity (Wildman–Crippen MR) is 118 cm³/mol. The van der Waals surface area contributed by atoms with Gasteiger partial charge in [0, 0.05) is 48.9 Å². The van der Waals surface area contributed by atoms with Crippen molar-refractivity contribution in [1.82, 2.24) is 20.3 Å². The van der Waals surface area contributed by atoms with Gasteiger partial charge < -0.3 is 5.32 Å². The molecule has 1 saturated heterocycles. The number of benzene rings is 1. The molecule has 154 valence electrons. The van der Waals surface area contributed by atoms with E-state index in [-0.39, 0.29) is 0 Å². The third-order valence-electron chi connectivity index (χ3n) is 4.91. The summed E-state index contributed by atoms with van der Waals surface area (Å²) in [6.07, 6.45) is 5.59. The lowest BCUT2D eigenvalue weighted by Gasteiger charge is -2.16. The molecular weight excluding hydrogens is 398 g/mol. The molecule has 1 fully saturated rings. The fourth-order valence-electron chi connectivity index (χ4n) is 3.42. The Bertz CT molecular complexity index is 1000. The third-order valence-corrected chi connectivity index (χ3v) is 5.85. The number of anilines is 1. The zero-order valence-corrected chi connectivity index (χ0v) is 17.2. The first-order valence-electron chi connectivity index (χ1n) is 9.76. The lowest BCUT2D eigenvalue weighted by atomic mass is 10.2. The molecule has 3 aromatic rings. The standard InChI is InChI=1S/C22H23N5O2S/c28-21(26-29)9-7-16-6-8-20(23-12-16)24-18-10-11-27(13-18)14-19-15-30-22(25-19)17-4-2-1-3-5-17/h1-9,12,15,18,29H,10-11,13-14H2,(H,23,24)(H,26,28)/t18-/m1/s1. The molecule has 1 aromatic carbocycles. The van der Waals surface area contributed by atoms with Crippen LogP contribution in [0.5, 0.6) is 0 Å². The lowest BCUT2D eigenvalue weighted by molar-refractivity contribution is -0.124. The molecule has 1 atom stereocenters. The quantitative estimate of drug-likeness (QED) is 0.308. The van der Waals surface area contributed by atoms with Crippen LogP contribution in [0.15, 0.2) is 60.1 Å². The molecule has 0 saturated carbocycles. The molecule has 30 heavy (non-hydrogen) atoms. The summed E-state index contributed by atoms with van der Waals surface area (Å²) >= 11 is 1.69. The molecular formula is C22H23N5O2S. The van der Waals surface area contributed by atoms with Crippen molar-refractivity contribution >= 4 is 29.1 Å². The average molecular weight is 422 g/mol. The van der Waals surface area contributed by atoms with E-state index in [0.717, 1.165) is 53.7 Å². The zero-order valence-electron chi connectivity index (χ0n) is 16.4. The van der Waals surface area contributed by atoms with Crippen LogP contribution in [0.1, 0.15) is 17.7 Å². The van der Waals surface area contributed by atoms with Crippen molar-refractivity contribution in [2.45, 2.75) is 19.0 Å². The van der Waals surface area contributed by atoms with Gasteiger partial charge in [-0.2, -0.15) is 0 Å². The summed E-state index contributed by atoms with van der Waals surface area (Å²) in [5.74, 6) is 0.241. The van der Waals surface area contributed by atoms with Gasteiger partial charge in [0.05, 0.1) is 5.69 Å². The Balaban J connectivity index is 1.28. The van der Waals surface area contributed by atoms with Crippen LogP contribution in [0.4, 0.5) is 5.82 Å². The van der Waals surface area contributed by atoms with Crippen LogP contribution in [-0.2, 0) is 11.3 Å². The van der Waals surface area contributed by atoms with Crippen molar-refractivity contribution in [3.63, 3.8) is 0 Å². The minimum Gasteiger partial charge on any atom is -0.366 e. The number of hydroxylamine groups is 1. The van der Waals surface area contributed by atoms with Crippen molar-refractivity contribution in [3.05, 3.63) is 71.4 Å². The third kappa shape index (κ3) is 5.29. The Labute approximate surface area is 179 Å². The fourth-order valence-corrected chi connectivity index (χ4v) is 4.24. The molecule has 8 heteroatoms. The first-order valence-corrected chi connectivity index (χ1v) is 10.6. The molecule has 0 unspecified atom stereocenters. The van der Waals surface area contributed by atoms with Gasteiger partial charge in [-0.05, 0) is 30.2 Å². The molecule has 7 nitrogen and oxygen atoms in total. The Hall–Kier alpha value is -3.07. The number of likely N-dealkylation sites (tertiary alicyclic amines) is 1. The van der Waals surface area contributed by atoms with Crippen LogP contribution < -0.4 is 10.8 Å². The van der Waals surface area contributed by atoms with Crippen LogP contribution in [0, 0.1) is 0 Å². The number of hydrogen-bond acceptors (Lipinski definition) is 7. The second-order valence-corrected chi connectivity index (χ2v) is 8.02. The summed E-state index contributed by atoms with van der Waals surface area (Å²) in [6.45, 7) is 2.82. The maximum Gasteiger partial charge on any atom is 0.267 e. The highest BCUT2D eigenvalue weighted by Gasteiger charge is 2.23. The molecule has 3 N–H and O–H groups in total. The molecule has 4 rings (SSSR count). The van der Waals surface area contributed by atoms with Crippen LogP contribution in [0.25, 0.3) is 16.6 Å². The number of amides is 1. The van der Waals surface area contributed by atoms with Crippen molar-refractivity contribution in [1.29, 1.82) is 0 Å². The van der Waals surface area contributed by atoms with E-state index in [0.29, 0.717) is 6.04 Å². The van der Waals surface area contributed by atoms with E-state index in [9.17, 15) is 4.79 Å². The number of aromatic nitrogens is 2. The van der Waals surface area contributed by atoms with Gasteiger partial charge in [-0.25, -0.2) is 15.4 Å². The summed E-state index contributed by atoms with van der Waals surface area (Å²) < 4.78 is 0. The van der Waals surface area contributed by atoms with Crippen LogP contribution >= 0.6 is 11.3 Å². The second-order valence-electron chi connectivity index (χ2n) is 7.16. The van der Waals surface area contributed by atoms with Gasteiger partial charge in [-0.3, -0.25) is 14.9 Å². The van der Waals surface area contributed by atoms with Crippen molar-refractivity contribution in [2.24, 2.45) is 0 Å². The highest BCUT2D eigenvalue weighted by molar-refractivity contribution is 7.13. The van der Waals surface area contributed by atoms with Crippen molar-refractivity contribution in [2.75, 3.05) is 18.4 Å². The van der Waals surface area contributed by atoms with E-state index in [1.165, 1.54) is 6.08 Å². The Morgan fingerprint density at radius 3 is 2.90 bits per heavy atom. The lowest BCUT2D eigenvalue weighted by Crippen LogP contribution is -2.26. The monoisotopic (exact) mass is 421 g/mol. The Morgan fingerprint density at radius 2 is 2.13 bits per heavy atom. The maximum atomic E-state index is 11.0. The number of nitrogens with one attached hydrogen (secondary N) is 2. The van der Waals surface area contributed by atoms with E-state index in [1.807, 2.05) is 30.3 Å². The highest BCUT2D eigenvalue weighted by Crippen LogP contribution is 2.25. The minimum atomic E-state index is -0.570. The summed E-state index contributed by atoms with van der Waals surface area (Å²) in [4.78, 5) is 22.6. The first kappa shape index (κ1) is 20.2. The summed E-state index contributed by atoms with van der Waals surface area (Å²) in [6, 6.07) is 14.4. The first-order chi connectivity index (χ1) is 14.7. The van der Waals surface area contributed by atoms with Crippen molar-refractivity contribution in [3.8, 4) is 10.6 Å². The largest absolute Gasteiger partial charge is 0.366 e. The number of hydrogen-bond donors (Lipinski definition) is 3. The molecule has 1 aliphatic heterocycles. The van der Waals surface area contributed by atoms with Gasteiger partial charge in [0.1, 0.15) is 10.8 Å². The number of pyridine rings is 1. The van der Waals surface area contributed by atoms with Crippen LogP contribution in [0.3, 0.4) is 0 Å². The number of thiazole rings is 1. The maximum absolute atomic E-state index is 11.0. The smallest absolute Gasteiger partial charge is 0.267 e. The molecule has 2 aromatic heterocycles. The van der Waals surface area contributed by atoms with Crippen LogP contribution in [-0.4, -0.2) is 45.1 Å². The molecule has 0 aliphatic carbocycles. The van der Waals surface area contributed by atoms with Gasteiger partial charge >= 0.3 is 0 Å². The molecule has 1 amide bonds. The molecule has 3 heterocycles. The van der Waals surface area contributed by atoms with Gasteiger partial charge in [0.2, 0.25) is 0 Å². The van der Waals surface area contributed by atoms with E-state index in [4.69, 9.17) is 10.2 Å². The normalized spacial score (nSPS) is 16.8. The SMILES string of the molecule is O=C(C=Cc1ccc(N[C@@H]2CCN(Cc3csc(-c4ccccc4)n3)C2)nc1)NO. The predicted octanol–water partition coefficient (Wildman–Crippen LogP) is 3.41. The molecule has 0 radical (unpaired) electrons. The average Bonchev–Trinajstić information content (AvgIpc) is 3.43. The summed E-state index contributed by atoms with van der Waals surface area (Å²) in [7, 11) is 0. The van der Waals surface area contributed by atoms with Gasteiger partial charge in [0.15, 0.2) is 0 Å². The van der Waals surface area contributed by atoms with Crippen molar-refractivity contribution < 1.29 is 10.0 Å². The fraction of sp³-hybridized carbons (Fsp3) is 0.227. The minimum absolute atomic E-state index is 0.339. The van der Waals surface area contributed by atoms with Crippen LogP contribution in [0.2, 0.25) is 0 Å². The molecule has 0 bridgehead atoms.